The van der Waals surface area contributed by atoms with Crippen LogP contribution >= 0.6 is 0 Å². The van der Waals surface area contributed by atoms with Gasteiger partial charge in [-0.05, 0) is 6.07 Å². The summed E-state index contributed by atoms with van der Waals surface area (Å²) in [4.78, 5) is 10.3. The highest BCUT2D eigenvalue weighted by Gasteiger charge is 2.06. The minimum Gasteiger partial charge on any atom is -0.496 e. The molecule has 0 aliphatic carbocycles. The number of carbonyl (C=O) groups excluding carboxylic acids is 1. The molecular formula is C9H9O3. The van der Waals surface area contributed by atoms with Crippen molar-refractivity contribution in [2.75, 3.05) is 7.11 Å². The van der Waals surface area contributed by atoms with Gasteiger partial charge in [-0.2, -0.15) is 0 Å². The molecule has 0 N–H and O–H groups in total. The van der Waals surface area contributed by atoms with E-state index in [1.807, 2.05) is 0 Å². The number of carbonyl (C=O) groups is 1. The molecule has 63 valence electrons. The van der Waals surface area contributed by atoms with Crippen molar-refractivity contribution in [1.29, 1.82) is 0 Å². The predicted octanol–water partition coefficient (Wildman–Crippen LogP) is 1.19. The van der Waals surface area contributed by atoms with Gasteiger partial charge in [-0.3, -0.25) is 0 Å². The first-order chi connectivity index (χ1) is 5.74. The van der Waals surface area contributed by atoms with Crippen LogP contribution in [0.25, 0.3) is 0 Å². The second-order valence-corrected chi connectivity index (χ2v) is 2.36. The summed E-state index contributed by atoms with van der Waals surface area (Å²) in [5, 5.41) is 10.3. The largest absolute Gasteiger partial charge is 0.496 e. The molecule has 0 saturated heterocycles. The number of hydrogen-bond acceptors (Lipinski definition) is 2. The molecule has 3 nitrogen and oxygen atoms in total. The van der Waals surface area contributed by atoms with Gasteiger partial charge in [0.15, 0.2) is 0 Å². The Labute approximate surface area is 70.6 Å². The van der Waals surface area contributed by atoms with Crippen molar-refractivity contribution >= 4 is 5.97 Å². The molecule has 0 spiro atoms. The minimum atomic E-state index is -1.10. The van der Waals surface area contributed by atoms with Gasteiger partial charge >= 0.3 is 5.97 Å². The maximum Gasteiger partial charge on any atom is 0.360 e. The van der Waals surface area contributed by atoms with Crippen LogP contribution in [-0.2, 0) is 16.3 Å². The highest BCUT2D eigenvalue weighted by Crippen LogP contribution is 2.17. The molecule has 0 aliphatic rings. The third-order valence-electron chi connectivity index (χ3n) is 1.53. The Balaban J connectivity index is 2.89. The summed E-state index contributed by atoms with van der Waals surface area (Å²) < 4.78 is 4.96. The molecule has 1 aromatic rings. The first kappa shape index (κ1) is 8.59. The monoisotopic (exact) mass is 165 g/mol. The van der Waals surface area contributed by atoms with E-state index in [1.54, 1.807) is 24.3 Å². The molecule has 0 aliphatic heterocycles. The summed E-state index contributed by atoms with van der Waals surface area (Å²) in [6.07, 6.45) is -0.107. The summed E-state index contributed by atoms with van der Waals surface area (Å²) in [5.41, 5.74) is 0.639. The van der Waals surface area contributed by atoms with Crippen LogP contribution in [0.15, 0.2) is 24.3 Å². The number of methoxy groups -OCH3 is 1. The van der Waals surface area contributed by atoms with Crippen LogP contribution in [0.3, 0.4) is 0 Å². The van der Waals surface area contributed by atoms with Crippen LogP contribution in [0.4, 0.5) is 0 Å². The van der Waals surface area contributed by atoms with E-state index in [0.29, 0.717) is 11.3 Å². The fraction of sp³-hybridized carbons (Fsp3) is 0.222. The molecule has 1 aromatic carbocycles. The van der Waals surface area contributed by atoms with E-state index in [0.717, 1.165) is 0 Å². The first-order valence-electron chi connectivity index (χ1n) is 3.56. The quantitative estimate of drug-likeness (QED) is 0.675. The fourth-order valence-corrected chi connectivity index (χ4v) is 1.00. The Morgan fingerprint density at radius 3 is 2.67 bits per heavy atom. The molecular weight excluding hydrogens is 156 g/mol. The lowest BCUT2D eigenvalue weighted by Crippen LogP contribution is -2.00. The molecule has 0 atom stereocenters. The summed E-state index contributed by atoms with van der Waals surface area (Å²) >= 11 is 0. The van der Waals surface area contributed by atoms with Crippen molar-refractivity contribution in [1.82, 2.24) is 0 Å². The van der Waals surface area contributed by atoms with Crippen molar-refractivity contribution < 1.29 is 14.6 Å². The Morgan fingerprint density at radius 1 is 1.42 bits per heavy atom. The van der Waals surface area contributed by atoms with E-state index in [9.17, 15) is 9.90 Å². The number of rotatable bonds is 3. The van der Waals surface area contributed by atoms with Gasteiger partial charge in [0, 0.05) is 5.56 Å². The van der Waals surface area contributed by atoms with Gasteiger partial charge in [0.2, 0.25) is 0 Å². The van der Waals surface area contributed by atoms with Crippen LogP contribution in [0.5, 0.6) is 5.75 Å². The fourth-order valence-electron chi connectivity index (χ4n) is 1.00. The van der Waals surface area contributed by atoms with Crippen molar-refractivity contribution in [3.05, 3.63) is 29.8 Å². The van der Waals surface area contributed by atoms with E-state index in [1.165, 1.54) is 7.11 Å². The highest BCUT2D eigenvalue weighted by atomic mass is 16.5. The van der Waals surface area contributed by atoms with Gasteiger partial charge in [-0.25, -0.2) is 9.90 Å². The normalized spacial score (nSPS) is 9.42. The van der Waals surface area contributed by atoms with Crippen molar-refractivity contribution in [2.24, 2.45) is 0 Å². The minimum absolute atomic E-state index is 0.107. The lowest BCUT2D eigenvalue weighted by molar-refractivity contribution is -0.142. The van der Waals surface area contributed by atoms with E-state index in [-0.39, 0.29) is 6.42 Å². The highest BCUT2D eigenvalue weighted by molar-refractivity contribution is 5.70. The van der Waals surface area contributed by atoms with Crippen molar-refractivity contribution in [3.63, 3.8) is 0 Å². The number of benzene rings is 1. The van der Waals surface area contributed by atoms with Crippen LogP contribution in [0.1, 0.15) is 5.56 Å². The van der Waals surface area contributed by atoms with Gasteiger partial charge in [-0.15, -0.1) is 0 Å². The van der Waals surface area contributed by atoms with Crippen LogP contribution in [0.2, 0.25) is 0 Å². The average molecular weight is 165 g/mol. The van der Waals surface area contributed by atoms with Crippen LogP contribution < -0.4 is 4.74 Å². The SMILES string of the molecule is COc1ccccc1CC([O])=O. The molecule has 12 heavy (non-hydrogen) atoms. The predicted molar refractivity (Wildman–Crippen MR) is 42.4 cm³/mol. The van der Waals surface area contributed by atoms with Gasteiger partial charge in [0.05, 0.1) is 13.5 Å². The standard InChI is InChI=1S/C9H9O3/c1-12-8-5-3-2-4-7(8)6-9(10)11/h2-5H,6H2,1H3. The van der Waals surface area contributed by atoms with Crippen LogP contribution in [-0.4, -0.2) is 13.1 Å². The average Bonchev–Trinajstić information content (AvgIpc) is 2.04. The number of para-hydroxylation sites is 1. The molecule has 0 fully saturated rings. The van der Waals surface area contributed by atoms with E-state index in [2.05, 4.69) is 0 Å². The molecule has 0 unspecified atom stereocenters. The summed E-state index contributed by atoms with van der Waals surface area (Å²) in [6.45, 7) is 0. The summed E-state index contributed by atoms with van der Waals surface area (Å²) in [5.74, 6) is -0.513. The molecule has 1 radical (unpaired) electrons. The Morgan fingerprint density at radius 2 is 2.08 bits per heavy atom. The van der Waals surface area contributed by atoms with Gasteiger partial charge < -0.3 is 4.74 Å². The Hall–Kier alpha value is -1.51. The molecule has 0 amide bonds. The van der Waals surface area contributed by atoms with E-state index >= 15 is 0 Å². The van der Waals surface area contributed by atoms with E-state index in [4.69, 9.17) is 4.74 Å². The topological polar surface area (TPSA) is 46.2 Å². The molecule has 0 heterocycles. The van der Waals surface area contributed by atoms with Gasteiger partial charge in [-0.1, -0.05) is 18.2 Å². The molecule has 0 bridgehead atoms. The lowest BCUT2D eigenvalue weighted by Gasteiger charge is -2.03. The Kier molecular flexibility index (Phi) is 2.69. The zero-order chi connectivity index (χ0) is 8.97. The van der Waals surface area contributed by atoms with Gasteiger partial charge in [0.1, 0.15) is 5.75 Å². The second-order valence-electron chi connectivity index (χ2n) is 2.36. The zero-order valence-corrected chi connectivity index (χ0v) is 6.74. The third-order valence-corrected chi connectivity index (χ3v) is 1.53. The zero-order valence-electron chi connectivity index (χ0n) is 6.74. The lowest BCUT2D eigenvalue weighted by atomic mass is 10.1. The Bertz CT molecular complexity index is 281. The summed E-state index contributed by atoms with van der Waals surface area (Å²) in [6, 6.07) is 6.98. The smallest absolute Gasteiger partial charge is 0.360 e. The molecule has 0 saturated carbocycles. The molecule has 0 aromatic heterocycles. The first-order valence-corrected chi connectivity index (χ1v) is 3.56. The molecule has 1 rings (SSSR count). The maximum absolute atomic E-state index is 10.3. The van der Waals surface area contributed by atoms with E-state index < -0.39 is 5.97 Å². The number of ether oxygens (including phenoxy) is 1. The maximum atomic E-state index is 10.3. The van der Waals surface area contributed by atoms with Gasteiger partial charge in [0.25, 0.3) is 0 Å². The third kappa shape index (κ3) is 1.99. The molecule has 3 heteroatoms. The summed E-state index contributed by atoms with van der Waals surface area (Å²) in [7, 11) is 1.51. The van der Waals surface area contributed by atoms with Crippen molar-refractivity contribution in [2.45, 2.75) is 6.42 Å². The van der Waals surface area contributed by atoms with Crippen LogP contribution in [0, 0.1) is 0 Å². The van der Waals surface area contributed by atoms with Crippen molar-refractivity contribution in [3.8, 4) is 5.75 Å². The second kappa shape index (κ2) is 3.76. The number of hydrogen-bond donors (Lipinski definition) is 0.